The van der Waals surface area contributed by atoms with Crippen LogP contribution in [0.4, 0.5) is 0 Å². The molecule has 0 aliphatic carbocycles. The number of likely N-dealkylation sites (N-methyl/N-ethyl adjacent to an activating group) is 1. The Morgan fingerprint density at radius 3 is 1.80 bits per heavy atom. The summed E-state index contributed by atoms with van der Waals surface area (Å²) in [6.07, 6.45) is 2.07. The van der Waals surface area contributed by atoms with Crippen LogP contribution < -0.4 is 0 Å². The number of hydrogen-bond donors (Lipinski definition) is 2. The van der Waals surface area contributed by atoms with E-state index in [4.69, 9.17) is 15.0 Å². The van der Waals surface area contributed by atoms with E-state index in [1.807, 2.05) is 0 Å². The second-order valence-electron chi connectivity index (χ2n) is 3.49. The molecular formula is C10H19NO4. The van der Waals surface area contributed by atoms with Gasteiger partial charge in [0.05, 0.1) is 0 Å². The van der Waals surface area contributed by atoms with Crippen molar-refractivity contribution < 1.29 is 19.8 Å². The van der Waals surface area contributed by atoms with E-state index < -0.39 is 17.5 Å². The summed E-state index contributed by atoms with van der Waals surface area (Å²) in [5.41, 5.74) is -0.818. The Morgan fingerprint density at radius 2 is 1.73 bits per heavy atom. The van der Waals surface area contributed by atoms with Gasteiger partial charge in [0.2, 0.25) is 0 Å². The average molecular weight is 217 g/mol. The highest BCUT2D eigenvalue weighted by molar-refractivity contribution is 5.78. The first kappa shape index (κ1) is 16.1. The molecule has 0 amide bonds. The largest absolute Gasteiger partial charge is 0.481 e. The normalized spacial score (nSPS) is 13.4. The molecule has 0 aliphatic rings. The van der Waals surface area contributed by atoms with Gasteiger partial charge >= 0.3 is 5.97 Å². The van der Waals surface area contributed by atoms with Gasteiger partial charge in [-0.2, -0.15) is 0 Å². The lowest BCUT2D eigenvalue weighted by Crippen LogP contribution is -2.48. The van der Waals surface area contributed by atoms with Gasteiger partial charge in [0.1, 0.15) is 5.54 Å². The second-order valence-corrected chi connectivity index (χ2v) is 3.49. The molecule has 88 valence electrons. The van der Waals surface area contributed by atoms with Crippen molar-refractivity contribution in [1.29, 1.82) is 0 Å². The molecule has 15 heavy (non-hydrogen) atoms. The maximum Gasteiger partial charge on any atom is 0.324 e. The summed E-state index contributed by atoms with van der Waals surface area (Å²) in [4.78, 5) is 21.4. The molecule has 1 atom stereocenters. The zero-order valence-electron chi connectivity index (χ0n) is 9.65. The van der Waals surface area contributed by atoms with Crippen molar-refractivity contribution in [3.63, 3.8) is 0 Å². The molecule has 0 aliphatic heterocycles. The summed E-state index contributed by atoms with van der Waals surface area (Å²) in [7, 11) is 3.50. The molecule has 0 saturated carbocycles. The van der Waals surface area contributed by atoms with E-state index in [1.54, 1.807) is 32.0 Å². The predicted molar refractivity (Wildman–Crippen MR) is 57.9 cm³/mol. The van der Waals surface area contributed by atoms with Crippen LogP contribution >= 0.6 is 0 Å². The van der Waals surface area contributed by atoms with Crippen LogP contribution in [-0.4, -0.2) is 46.7 Å². The van der Waals surface area contributed by atoms with Gasteiger partial charge in [-0.25, -0.2) is 0 Å². The molecule has 0 fully saturated rings. The Hall–Kier alpha value is -1.36. The molecule has 0 bridgehead atoms. The molecule has 0 aromatic heterocycles. The Morgan fingerprint density at radius 1 is 1.40 bits per heavy atom. The Labute approximate surface area is 90.0 Å². The van der Waals surface area contributed by atoms with E-state index in [1.165, 1.54) is 0 Å². The summed E-state index contributed by atoms with van der Waals surface area (Å²) >= 11 is 0. The van der Waals surface area contributed by atoms with Gasteiger partial charge < -0.3 is 10.2 Å². The number of carboxylic acids is 2. The number of carbonyl (C=O) groups is 2. The summed E-state index contributed by atoms with van der Waals surface area (Å²) in [6.45, 7) is 6.28. The van der Waals surface area contributed by atoms with Crippen molar-refractivity contribution in [3.05, 3.63) is 12.7 Å². The van der Waals surface area contributed by atoms with Crippen LogP contribution in [0.1, 0.15) is 20.3 Å². The standard InChI is InChI=1S/C8H15NO2.C2H4O2/c1-5-6-8(2,7(10)11)9(3)4;1-2(3)4/h5H,1,6H2,2-4H3,(H,10,11);1H3,(H,3,4). The first-order valence-electron chi connectivity index (χ1n) is 4.39. The monoisotopic (exact) mass is 217 g/mol. The van der Waals surface area contributed by atoms with E-state index in [9.17, 15) is 4.79 Å². The fourth-order valence-corrected chi connectivity index (χ4v) is 0.742. The lowest BCUT2D eigenvalue weighted by molar-refractivity contribution is -0.148. The van der Waals surface area contributed by atoms with Gasteiger partial charge in [-0.15, -0.1) is 6.58 Å². The van der Waals surface area contributed by atoms with Crippen LogP contribution in [0.25, 0.3) is 0 Å². The molecule has 0 aromatic rings. The Kier molecular flexibility index (Phi) is 7.51. The number of rotatable bonds is 4. The summed E-state index contributed by atoms with van der Waals surface area (Å²) < 4.78 is 0. The van der Waals surface area contributed by atoms with Gasteiger partial charge in [-0.3, -0.25) is 14.5 Å². The van der Waals surface area contributed by atoms with Crippen LogP contribution in [0.5, 0.6) is 0 Å². The van der Waals surface area contributed by atoms with Crippen molar-refractivity contribution in [2.75, 3.05) is 14.1 Å². The first-order chi connectivity index (χ1) is 6.68. The highest BCUT2D eigenvalue weighted by Crippen LogP contribution is 2.16. The van der Waals surface area contributed by atoms with Crippen LogP contribution in [-0.2, 0) is 9.59 Å². The zero-order valence-corrected chi connectivity index (χ0v) is 9.65. The number of nitrogens with zero attached hydrogens (tertiary/aromatic N) is 1. The van der Waals surface area contributed by atoms with Crippen LogP contribution in [0.2, 0.25) is 0 Å². The van der Waals surface area contributed by atoms with Gasteiger partial charge in [0, 0.05) is 6.92 Å². The van der Waals surface area contributed by atoms with Gasteiger partial charge in [0.15, 0.2) is 0 Å². The average Bonchev–Trinajstić information content (AvgIpc) is 2.02. The topological polar surface area (TPSA) is 77.8 Å². The third-order valence-electron chi connectivity index (χ3n) is 1.99. The van der Waals surface area contributed by atoms with Crippen molar-refractivity contribution >= 4 is 11.9 Å². The van der Waals surface area contributed by atoms with E-state index in [2.05, 4.69) is 6.58 Å². The maximum atomic E-state index is 10.8. The first-order valence-corrected chi connectivity index (χ1v) is 4.39. The molecule has 0 rings (SSSR count). The Balaban J connectivity index is 0. The molecule has 1 unspecified atom stereocenters. The molecule has 5 heteroatoms. The minimum absolute atomic E-state index is 0.454. The van der Waals surface area contributed by atoms with Crippen molar-refractivity contribution in [2.24, 2.45) is 0 Å². The minimum atomic E-state index is -0.833. The number of hydrogen-bond acceptors (Lipinski definition) is 3. The fraction of sp³-hybridized carbons (Fsp3) is 0.600. The lowest BCUT2D eigenvalue weighted by atomic mass is 9.97. The van der Waals surface area contributed by atoms with E-state index in [-0.39, 0.29) is 0 Å². The van der Waals surface area contributed by atoms with Gasteiger partial charge in [-0.05, 0) is 27.4 Å². The summed E-state index contributed by atoms with van der Waals surface area (Å²) in [5, 5.41) is 16.3. The lowest BCUT2D eigenvalue weighted by Gasteiger charge is -2.30. The van der Waals surface area contributed by atoms with Crippen molar-refractivity contribution in [2.45, 2.75) is 25.8 Å². The van der Waals surface area contributed by atoms with Gasteiger partial charge in [-0.1, -0.05) is 6.08 Å². The van der Waals surface area contributed by atoms with Crippen LogP contribution in [0.3, 0.4) is 0 Å². The third-order valence-corrected chi connectivity index (χ3v) is 1.99. The molecule has 0 saturated heterocycles. The van der Waals surface area contributed by atoms with Crippen LogP contribution in [0, 0.1) is 0 Å². The number of carboxylic acid groups (broad SMARTS) is 2. The molecule has 0 aromatic carbocycles. The highest BCUT2D eigenvalue weighted by Gasteiger charge is 2.33. The van der Waals surface area contributed by atoms with Crippen molar-refractivity contribution in [1.82, 2.24) is 4.90 Å². The molecule has 5 nitrogen and oxygen atoms in total. The minimum Gasteiger partial charge on any atom is -0.481 e. The number of aliphatic carboxylic acids is 2. The fourth-order valence-electron chi connectivity index (χ4n) is 0.742. The summed E-state index contributed by atoms with van der Waals surface area (Å²) in [5.74, 6) is -1.65. The van der Waals surface area contributed by atoms with E-state index >= 15 is 0 Å². The van der Waals surface area contributed by atoms with Crippen molar-refractivity contribution in [3.8, 4) is 0 Å². The Bertz CT molecular complexity index is 234. The summed E-state index contributed by atoms with van der Waals surface area (Å²) in [6, 6.07) is 0. The second kappa shape index (κ2) is 7.00. The van der Waals surface area contributed by atoms with Gasteiger partial charge in [0.25, 0.3) is 5.97 Å². The predicted octanol–water partition coefficient (Wildman–Crippen LogP) is 1.06. The molecule has 0 radical (unpaired) electrons. The van der Waals surface area contributed by atoms with E-state index in [0.717, 1.165) is 6.92 Å². The molecule has 2 N–H and O–H groups in total. The van der Waals surface area contributed by atoms with Crippen LogP contribution in [0.15, 0.2) is 12.7 Å². The molecular weight excluding hydrogens is 198 g/mol. The third kappa shape index (κ3) is 6.68. The molecule has 0 spiro atoms. The smallest absolute Gasteiger partial charge is 0.324 e. The van der Waals surface area contributed by atoms with E-state index in [0.29, 0.717) is 6.42 Å². The maximum absolute atomic E-state index is 10.8. The zero-order chi connectivity index (χ0) is 12.6. The SMILES string of the molecule is C=CCC(C)(C(=O)O)N(C)C.CC(=O)O. The highest BCUT2D eigenvalue weighted by atomic mass is 16.4. The quantitative estimate of drug-likeness (QED) is 0.688. The molecule has 0 heterocycles.